The number of aryl methyl sites for hydroxylation is 1. The third-order valence-corrected chi connectivity index (χ3v) is 5.35. The van der Waals surface area contributed by atoms with Crippen molar-refractivity contribution >= 4 is 17.1 Å². The smallest absolute Gasteiger partial charge is 0.256 e. The Bertz CT molecular complexity index is 733. The highest BCUT2D eigenvalue weighted by atomic mass is 16.2. The lowest BCUT2D eigenvalue weighted by Crippen LogP contribution is -2.45. The number of imidazole rings is 1. The van der Waals surface area contributed by atoms with E-state index in [0.717, 1.165) is 37.1 Å². The normalized spacial score (nSPS) is 23.2. The first-order valence-electron chi connectivity index (χ1n) is 8.01. The first-order valence-corrected chi connectivity index (χ1v) is 8.01. The number of fused-ring (bicyclic) bond motifs is 1. The molecule has 2 aromatic rings. The maximum absolute atomic E-state index is 12.9. The summed E-state index contributed by atoms with van der Waals surface area (Å²) in [5, 5.41) is 0. The molecule has 4 rings (SSSR count). The van der Waals surface area contributed by atoms with E-state index < -0.39 is 0 Å². The molecule has 2 aliphatic rings. The summed E-state index contributed by atoms with van der Waals surface area (Å²) in [5.74, 6) is 0.897. The second-order valence-electron chi connectivity index (χ2n) is 6.60. The van der Waals surface area contributed by atoms with Gasteiger partial charge in [-0.05, 0) is 18.9 Å². The molecular formula is C16H21N5O. The molecule has 22 heavy (non-hydrogen) atoms. The molecule has 6 heteroatoms. The standard InChI is InChI=1S/C16H21N5O/c1-2-12-19-13-10(4-7-18-14(13)20-12)15(22)21-8-11(17)16(9-21)5-3-6-16/h4,7,11H,2-3,5-6,8-9,17H2,1H3,(H,18,19,20). The number of rotatable bonds is 2. The van der Waals surface area contributed by atoms with Gasteiger partial charge in [0.15, 0.2) is 5.65 Å². The van der Waals surface area contributed by atoms with Gasteiger partial charge in [-0.15, -0.1) is 0 Å². The monoisotopic (exact) mass is 299 g/mol. The molecule has 1 unspecified atom stereocenters. The van der Waals surface area contributed by atoms with E-state index in [-0.39, 0.29) is 17.4 Å². The number of likely N-dealkylation sites (tertiary alicyclic amines) is 1. The summed E-state index contributed by atoms with van der Waals surface area (Å²) >= 11 is 0. The number of hydrogen-bond donors (Lipinski definition) is 2. The summed E-state index contributed by atoms with van der Waals surface area (Å²) in [6.07, 6.45) is 5.98. The fourth-order valence-electron chi connectivity index (χ4n) is 3.78. The predicted octanol–water partition coefficient (Wildman–Crippen LogP) is 1.47. The van der Waals surface area contributed by atoms with E-state index in [0.29, 0.717) is 17.8 Å². The molecule has 1 amide bonds. The zero-order chi connectivity index (χ0) is 15.3. The van der Waals surface area contributed by atoms with Gasteiger partial charge in [0.1, 0.15) is 5.82 Å². The molecule has 6 nitrogen and oxygen atoms in total. The van der Waals surface area contributed by atoms with Crippen molar-refractivity contribution in [3.8, 4) is 0 Å². The minimum Gasteiger partial charge on any atom is -0.340 e. The van der Waals surface area contributed by atoms with Crippen LogP contribution in [-0.4, -0.2) is 44.9 Å². The first kappa shape index (κ1) is 13.7. The second-order valence-corrected chi connectivity index (χ2v) is 6.60. The van der Waals surface area contributed by atoms with Gasteiger partial charge in [-0.2, -0.15) is 0 Å². The average molecular weight is 299 g/mol. The van der Waals surface area contributed by atoms with Crippen LogP contribution in [-0.2, 0) is 6.42 Å². The lowest BCUT2D eigenvalue weighted by molar-refractivity contribution is 0.0728. The Morgan fingerprint density at radius 1 is 1.55 bits per heavy atom. The molecule has 0 bridgehead atoms. The van der Waals surface area contributed by atoms with Crippen LogP contribution in [0.25, 0.3) is 11.2 Å². The Morgan fingerprint density at radius 3 is 3.00 bits per heavy atom. The molecule has 0 aromatic carbocycles. The van der Waals surface area contributed by atoms with E-state index in [1.807, 2.05) is 11.8 Å². The van der Waals surface area contributed by atoms with Gasteiger partial charge in [0.2, 0.25) is 0 Å². The Labute approximate surface area is 129 Å². The highest BCUT2D eigenvalue weighted by Crippen LogP contribution is 2.47. The Hall–Kier alpha value is -1.95. The summed E-state index contributed by atoms with van der Waals surface area (Å²) in [6.45, 7) is 3.46. The molecule has 3 N–H and O–H groups in total. The summed E-state index contributed by atoms with van der Waals surface area (Å²) in [4.78, 5) is 26.7. The van der Waals surface area contributed by atoms with Crippen LogP contribution in [0.4, 0.5) is 0 Å². The number of nitrogens with one attached hydrogen (secondary N) is 1. The molecule has 116 valence electrons. The van der Waals surface area contributed by atoms with E-state index >= 15 is 0 Å². The molecule has 1 aliphatic carbocycles. The molecule has 1 atom stereocenters. The summed E-state index contributed by atoms with van der Waals surface area (Å²) in [5.41, 5.74) is 8.48. The number of nitrogens with two attached hydrogens (primary N) is 1. The first-order chi connectivity index (χ1) is 10.6. The average Bonchev–Trinajstić information content (AvgIpc) is 3.06. The molecular weight excluding hydrogens is 278 g/mol. The highest BCUT2D eigenvalue weighted by molar-refractivity contribution is 6.04. The molecule has 2 fully saturated rings. The van der Waals surface area contributed by atoms with Gasteiger partial charge < -0.3 is 15.6 Å². The van der Waals surface area contributed by atoms with E-state index in [9.17, 15) is 4.79 Å². The largest absolute Gasteiger partial charge is 0.340 e. The lowest BCUT2D eigenvalue weighted by atomic mass is 9.66. The maximum Gasteiger partial charge on any atom is 0.256 e. The summed E-state index contributed by atoms with van der Waals surface area (Å²) in [7, 11) is 0. The van der Waals surface area contributed by atoms with Gasteiger partial charge in [-0.1, -0.05) is 13.3 Å². The van der Waals surface area contributed by atoms with Crippen LogP contribution in [0.15, 0.2) is 12.3 Å². The topological polar surface area (TPSA) is 87.9 Å². The number of aromatic nitrogens is 3. The van der Waals surface area contributed by atoms with Gasteiger partial charge in [-0.25, -0.2) is 9.97 Å². The van der Waals surface area contributed by atoms with Crippen LogP contribution in [0.2, 0.25) is 0 Å². The van der Waals surface area contributed by atoms with Crippen LogP contribution >= 0.6 is 0 Å². The molecule has 1 saturated heterocycles. The molecule has 1 saturated carbocycles. The van der Waals surface area contributed by atoms with E-state index in [1.54, 1.807) is 12.3 Å². The van der Waals surface area contributed by atoms with Gasteiger partial charge in [0.05, 0.1) is 11.1 Å². The number of carbonyl (C=O) groups is 1. The van der Waals surface area contributed by atoms with E-state index in [4.69, 9.17) is 5.73 Å². The molecule has 1 spiro atoms. The zero-order valence-corrected chi connectivity index (χ0v) is 12.8. The number of pyridine rings is 1. The van der Waals surface area contributed by atoms with Crippen LogP contribution < -0.4 is 5.73 Å². The lowest BCUT2D eigenvalue weighted by Gasteiger charge is -2.41. The van der Waals surface area contributed by atoms with Gasteiger partial charge >= 0.3 is 0 Å². The highest BCUT2D eigenvalue weighted by Gasteiger charge is 2.50. The van der Waals surface area contributed by atoms with Crippen LogP contribution in [0.3, 0.4) is 0 Å². The number of amides is 1. The van der Waals surface area contributed by atoms with Crippen molar-refractivity contribution in [3.63, 3.8) is 0 Å². The number of H-pyrrole nitrogens is 1. The van der Waals surface area contributed by atoms with Crippen molar-refractivity contribution in [1.29, 1.82) is 0 Å². The van der Waals surface area contributed by atoms with E-state index in [2.05, 4.69) is 15.0 Å². The van der Waals surface area contributed by atoms with Gasteiger partial charge in [0, 0.05) is 37.2 Å². The predicted molar refractivity (Wildman–Crippen MR) is 83.4 cm³/mol. The fraction of sp³-hybridized carbons (Fsp3) is 0.562. The van der Waals surface area contributed by atoms with Crippen molar-refractivity contribution < 1.29 is 4.79 Å². The van der Waals surface area contributed by atoms with Crippen LogP contribution in [0, 0.1) is 5.41 Å². The molecule has 3 heterocycles. The summed E-state index contributed by atoms with van der Waals surface area (Å²) in [6, 6.07) is 1.88. The van der Waals surface area contributed by atoms with Crippen molar-refractivity contribution in [2.45, 2.75) is 38.6 Å². The van der Waals surface area contributed by atoms with Crippen LogP contribution in [0.5, 0.6) is 0 Å². The third-order valence-electron chi connectivity index (χ3n) is 5.35. The second kappa shape index (κ2) is 4.78. The van der Waals surface area contributed by atoms with Gasteiger partial charge in [-0.3, -0.25) is 4.79 Å². The minimum absolute atomic E-state index is 0.0397. The number of nitrogens with zero attached hydrogens (tertiary/aromatic N) is 3. The van der Waals surface area contributed by atoms with Crippen molar-refractivity contribution in [2.24, 2.45) is 11.1 Å². The minimum atomic E-state index is 0.0397. The van der Waals surface area contributed by atoms with E-state index in [1.165, 1.54) is 6.42 Å². The van der Waals surface area contributed by atoms with Crippen molar-refractivity contribution in [2.75, 3.05) is 13.1 Å². The third kappa shape index (κ3) is 1.86. The quantitative estimate of drug-likeness (QED) is 0.879. The number of hydrogen-bond acceptors (Lipinski definition) is 4. The summed E-state index contributed by atoms with van der Waals surface area (Å²) < 4.78 is 0. The zero-order valence-electron chi connectivity index (χ0n) is 12.8. The Kier molecular flexibility index (Phi) is 2.97. The SMILES string of the molecule is CCc1nc2nccc(C(=O)N3CC(N)C4(CCC4)C3)c2[nH]1. The van der Waals surface area contributed by atoms with Crippen molar-refractivity contribution in [1.82, 2.24) is 19.9 Å². The van der Waals surface area contributed by atoms with Crippen LogP contribution in [0.1, 0.15) is 42.4 Å². The van der Waals surface area contributed by atoms with Gasteiger partial charge in [0.25, 0.3) is 5.91 Å². The number of carbonyl (C=O) groups excluding carboxylic acids is 1. The molecule has 2 aromatic heterocycles. The fourth-order valence-corrected chi connectivity index (χ4v) is 3.78. The van der Waals surface area contributed by atoms with Crippen molar-refractivity contribution in [3.05, 3.63) is 23.7 Å². The maximum atomic E-state index is 12.9. The Balaban J connectivity index is 1.67. The number of aromatic amines is 1. The Morgan fingerprint density at radius 2 is 2.36 bits per heavy atom. The molecule has 1 aliphatic heterocycles. The molecule has 0 radical (unpaired) electrons.